The Labute approximate surface area is 113 Å². The van der Waals surface area contributed by atoms with Crippen LogP contribution in [0.4, 0.5) is 0 Å². The lowest BCUT2D eigenvalue weighted by atomic mass is 10.0. The predicted molar refractivity (Wildman–Crippen MR) is 74.7 cm³/mol. The minimum Gasteiger partial charge on any atom is -0.468 e. The first kappa shape index (κ1) is 13.2. The van der Waals surface area contributed by atoms with Crippen LogP contribution in [-0.4, -0.2) is 0 Å². The molecule has 0 spiro atoms. The van der Waals surface area contributed by atoms with E-state index >= 15 is 0 Å². The van der Waals surface area contributed by atoms with Gasteiger partial charge >= 0.3 is 0 Å². The minimum absolute atomic E-state index is 0.184. The molecule has 0 aliphatic heterocycles. The van der Waals surface area contributed by atoms with E-state index in [1.807, 2.05) is 30.3 Å². The first-order valence-electron chi connectivity index (χ1n) is 6.25. The van der Waals surface area contributed by atoms with E-state index in [-0.39, 0.29) is 12.1 Å². The van der Waals surface area contributed by atoms with E-state index in [9.17, 15) is 0 Å². The summed E-state index contributed by atoms with van der Waals surface area (Å²) in [7, 11) is 0. The largest absolute Gasteiger partial charge is 0.468 e. The monoisotopic (exact) mass is 263 g/mol. The molecule has 1 N–H and O–H groups in total. The van der Waals surface area contributed by atoms with Crippen molar-refractivity contribution in [3.8, 4) is 0 Å². The molecule has 0 radical (unpaired) electrons. The van der Waals surface area contributed by atoms with E-state index in [2.05, 4.69) is 25.2 Å². The van der Waals surface area contributed by atoms with Crippen molar-refractivity contribution in [2.45, 2.75) is 32.4 Å². The highest BCUT2D eigenvalue weighted by Gasteiger charge is 2.15. The van der Waals surface area contributed by atoms with Gasteiger partial charge in [0.1, 0.15) is 5.76 Å². The van der Waals surface area contributed by atoms with Gasteiger partial charge in [-0.15, -0.1) is 0 Å². The molecule has 96 valence electrons. The van der Waals surface area contributed by atoms with Crippen LogP contribution in [0.25, 0.3) is 0 Å². The molecule has 2 nitrogen and oxygen atoms in total. The molecule has 0 saturated carbocycles. The lowest BCUT2D eigenvalue weighted by Gasteiger charge is -2.21. The van der Waals surface area contributed by atoms with Crippen molar-refractivity contribution in [3.63, 3.8) is 0 Å². The number of benzene rings is 1. The van der Waals surface area contributed by atoms with Gasteiger partial charge in [-0.2, -0.15) is 0 Å². The third-order valence-electron chi connectivity index (χ3n) is 3.08. The van der Waals surface area contributed by atoms with Crippen LogP contribution in [0.1, 0.15) is 43.7 Å². The van der Waals surface area contributed by atoms with Crippen molar-refractivity contribution in [1.82, 2.24) is 5.32 Å². The topological polar surface area (TPSA) is 25.2 Å². The van der Waals surface area contributed by atoms with Crippen LogP contribution < -0.4 is 5.32 Å². The lowest BCUT2D eigenvalue weighted by molar-refractivity contribution is 0.387. The maximum absolute atomic E-state index is 6.04. The van der Waals surface area contributed by atoms with Crippen LogP contribution in [0.15, 0.2) is 47.1 Å². The molecule has 1 aromatic heterocycles. The third-order valence-corrected chi connectivity index (χ3v) is 3.32. The molecule has 0 aliphatic rings. The highest BCUT2D eigenvalue weighted by Crippen LogP contribution is 2.24. The Kier molecular flexibility index (Phi) is 4.45. The van der Waals surface area contributed by atoms with Gasteiger partial charge in [-0.1, -0.05) is 30.7 Å². The smallest absolute Gasteiger partial charge is 0.120 e. The minimum atomic E-state index is 0.184. The second-order valence-corrected chi connectivity index (χ2v) is 4.86. The van der Waals surface area contributed by atoms with Gasteiger partial charge in [-0.05, 0) is 43.2 Å². The summed E-state index contributed by atoms with van der Waals surface area (Å²) in [5.41, 5.74) is 1.21. The van der Waals surface area contributed by atoms with E-state index in [1.54, 1.807) is 6.26 Å². The molecule has 1 aromatic carbocycles. The Hall–Kier alpha value is -1.25. The second kappa shape index (κ2) is 6.07. The van der Waals surface area contributed by atoms with Crippen LogP contribution in [0.5, 0.6) is 0 Å². The summed E-state index contributed by atoms with van der Waals surface area (Å²) in [5.74, 6) is 0.954. The van der Waals surface area contributed by atoms with Crippen molar-refractivity contribution in [3.05, 3.63) is 59.0 Å². The Morgan fingerprint density at radius 2 is 2.11 bits per heavy atom. The summed E-state index contributed by atoms with van der Waals surface area (Å²) in [6, 6.07) is 12.4. The molecule has 2 rings (SSSR count). The summed E-state index contributed by atoms with van der Waals surface area (Å²) in [5, 5.41) is 4.34. The fourth-order valence-electron chi connectivity index (χ4n) is 2.09. The van der Waals surface area contributed by atoms with Crippen LogP contribution in [0, 0.1) is 0 Å². The quantitative estimate of drug-likeness (QED) is 0.843. The first-order chi connectivity index (χ1) is 8.70. The van der Waals surface area contributed by atoms with Crippen molar-refractivity contribution in [2.24, 2.45) is 0 Å². The molecular formula is C15H18ClNO. The number of hydrogen-bond acceptors (Lipinski definition) is 2. The third kappa shape index (κ3) is 3.15. The Balaban J connectivity index is 2.10. The van der Waals surface area contributed by atoms with E-state index in [4.69, 9.17) is 16.0 Å². The summed E-state index contributed by atoms with van der Waals surface area (Å²) in [6.45, 7) is 4.26. The number of furan rings is 1. The highest BCUT2D eigenvalue weighted by molar-refractivity contribution is 6.30. The maximum Gasteiger partial charge on any atom is 0.120 e. The summed E-state index contributed by atoms with van der Waals surface area (Å²) in [6.07, 6.45) is 2.71. The maximum atomic E-state index is 6.04. The van der Waals surface area contributed by atoms with Gasteiger partial charge in [0.25, 0.3) is 0 Å². The fraction of sp³-hybridized carbons (Fsp3) is 0.333. The van der Waals surface area contributed by atoms with Gasteiger partial charge in [-0.3, -0.25) is 0 Å². The van der Waals surface area contributed by atoms with Crippen molar-refractivity contribution in [2.75, 3.05) is 0 Å². The van der Waals surface area contributed by atoms with Gasteiger partial charge in [0.2, 0.25) is 0 Å². The first-order valence-corrected chi connectivity index (χ1v) is 6.63. The summed E-state index contributed by atoms with van der Waals surface area (Å²) in [4.78, 5) is 0. The van der Waals surface area contributed by atoms with E-state index < -0.39 is 0 Å². The number of hydrogen-bond donors (Lipinski definition) is 1. The molecule has 2 atom stereocenters. The molecule has 1 heterocycles. The van der Waals surface area contributed by atoms with Crippen LogP contribution in [0.2, 0.25) is 5.02 Å². The molecule has 0 fully saturated rings. The molecule has 0 saturated heterocycles. The van der Waals surface area contributed by atoms with Crippen LogP contribution >= 0.6 is 11.6 Å². The fourth-order valence-corrected chi connectivity index (χ4v) is 2.29. The van der Waals surface area contributed by atoms with Crippen molar-refractivity contribution >= 4 is 11.6 Å². The van der Waals surface area contributed by atoms with Gasteiger partial charge in [0.15, 0.2) is 0 Å². The Morgan fingerprint density at radius 3 is 2.72 bits per heavy atom. The zero-order valence-corrected chi connectivity index (χ0v) is 11.4. The normalized spacial score (nSPS) is 14.4. The predicted octanol–water partition coefficient (Wildman–Crippen LogP) is 4.73. The van der Waals surface area contributed by atoms with Gasteiger partial charge in [-0.25, -0.2) is 0 Å². The number of rotatable bonds is 5. The van der Waals surface area contributed by atoms with E-state index in [0.29, 0.717) is 0 Å². The zero-order valence-electron chi connectivity index (χ0n) is 10.7. The Morgan fingerprint density at radius 1 is 1.28 bits per heavy atom. The molecular weight excluding hydrogens is 246 g/mol. The Bertz CT molecular complexity index is 481. The highest BCUT2D eigenvalue weighted by atomic mass is 35.5. The molecule has 0 aliphatic carbocycles. The van der Waals surface area contributed by atoms with Gasteiger partial charge in [0, 0.05) is 11.1 Å². The van der Waals surface area contributed by atoms with Crippen LogP contribution in [0.3, 0.4) is 0 Å². The average molecular weight is 264 g/mol. The second-order valence-electron chi connectivity index (χ2n) is 4.42. The number of nitrogens with one attached hydrogen (secondary N) is 1. The van der Waals surface area contributed by atoms with Gasteiger partial charge in [0.05, 0.1) is 12.3 Å². The molecule has 1 unspecified atom stereocenters. The molecule has 3 heteroatoms. The van der Waals surface area contributed by atoms with E-state index in [0.717, 1.165) is 17.2 Å². The summed E-state index contributed by atoms with van der Waals surface area (Å²) < 4.78 is 5.41. The standard InChI is InChI=1S/C15H18ClNO/c1-3-14(12-6-4-7-13(16)10-12)17-11(2)15-8-5-9-18-15/h4-11,14,17H,3H2,1-2H3/t11-,14?/m0/s1. The molecule has 18 heavy (non-hydrogen) atoms. The average Bonchev–Trinajstić information content (AvgIpc) is 2.89. The zero-order chi connectivity index (χ0) is 13.0. The van der Waals surface area contributed by atoms with Crippen molar-refractivity contribution < 1.29 is 4.42 Å². The van der Waals surface area contributed by atoms with Gasteiger partial charge < -0.3 is 9.73 Å². The number of halogens is 1. The SMILES string of the molecule is CCC(N[C@@H](C)c1ccco1)c1cccc(Cl)c1. The van der Waals surface area contributed by atoms with Crippen LogP contribution in [-0.2, 0) is 0 Å². The summed E-state index contributed by atoms with van der Waals surface area (Å²) >= 11 is 6.04. The lowest BCUT2D eigenvalue weighted by Crippen LogP contribution is -2.23. The molecule has 2 aromatic rings. The molecule has 0 amide bonds. The van der Waals surface area contributed by atoms with E-state index in [1.165, 1.54) is 5.56 Å². The van der Waals surface area contributed by atoms with Crippen molar-refractivity contribution in [1.29, 1.82) is 0 Å². The molecule has 0 bridgehead atoms.